The van der Waals surface area contributed by atoms with Gasteiger partial charge in [-0.15, -0.1) is 11.3 Å². The van der Waals surface area contributed by atoms with Crippen molar-refractivity contribution in [2.24, 2.45) is 0 Å². The molecule has 0 aliphatic carbocycles. The van der Waals surface area contributed by atoms with E-state index in [0.29, 0.717) is 13.0 Å². The minimum Gasteiger partial charge on any atom is -0.398 e. The Hall–Kier alpha value is -0.960. The number of hydrogen-bond acceptors (Lipinski definition) is 5. The van der Waals surface area contributed by atoms with Gasteiger partial charge in [0.2, 0.25) is 10.0 Å². The lowest BCUT2D eigenvalue weighted by molar-refractivity contribution is 0.582. The van der Waals surface area contributed by atoms with Crippen molar-refractivity contribution in [1.29, 1.82) is 0 Å². The summed E-state index contributed by atoms with van der Waals surface area (Å²) in [6.07, 6.45) is 3.34. The van der Waals surface area contributed by atoms with E-state index in [9.17, 15) is 8.42 Å². The van der Waals surface area contributed by atoms with Gasteiger partial charge in [-0.1, -0.05) is 0 Å². The number of thiophene rings is 1. The minimum atomic E-state index is -3.60. The van der Waals surface area contributed by atoms with Crippen LogP contribution in [0.3, 0.4) is 0 Å². The van der Waals surface area contributed by atoms with E-state index in [-0.39, 0.29) is 10.6 Å². The lowest BCUT2D eigenvalue weighted by Gasteiger charge is -2.07. The fourth-order valence-electron chi connectivity index (χ4n) is 1.49. The highest BCUT2D eigenvalue weighted by Crippen LogP contribution is 2.22. The predicted molar refractivity (Wildman–Crippen MR) is 79.6 cm³/mol. The largest absolute Gasteiger partial charge is 0.398 e. The summed E-state index contributed by atoms with van der Waals surface area (Å²) in [6, 6.07) is 5.36. The topological polar surface area (TPSA) is 85.1 Å². The van der Waals surface area contributed by atoms with Crippen molar-refractivity contribution < 1.29 is 8.42 Å². The van der Waals surface area contributed by atoms with Crippen LogP contribution in [0.25, 0.3) is 0 Å². The molecule has 102 valence electrons. The summed E-state index contributed by atoms with van der Waals surface area (Å²) in [6.45, 7) is 0.323. The Morgan fingerprint density at radius 1 is 1.37 bits per heavy atom. The number of sulfonamides is 1. The highest BCUT2D eigenvalue weighted by molar-refractivity contribution is 9.11. The summed E-state index contributed by atoms with van der Waals surface area (Å²) in [7, 11) is -3.60. The van der Waals surface area contributed by atoms with Crippen molar-refractivity contribution >= 4 is 43.0 Å². The standard InChI is InChI=1S/C11H12BrN3O2S2/c12-11-2-1-8(18-11)3-6-15-19(16,17)10-7-14-5-4-9(10)13/h1-2,4-5,7,15H,3,6H2,(H2,13,14). The molecule has 0 saturated carbocycles. The van der Waals surface area contributed by atoms with Crippen LogP contribution in [-0.4, -0.2) is 19.9 Å². The van der Waals surface area contributed by atoms with Gasteiger partial charge in [-0.2, -0.15) is 0 Å². The molecule has 2 aromatic rings. The summed E-state index contributed by atoms with van der Waals surface area (Å²) in [4.78, 5) is 4.90. The summed E-state index contributed by atoms with van der Waals surface area (Å²) in [5.74, 6) is 0. The van der Waals surface area contributed by atoms with E-state index in [1.807, 2.05) is 12.1 Å². The van der Waals surface area contributed by atoms with E-state index in [2.05, 4.69) is 25.6 Å². The SMILES string of the molecule is Nc1ccncc1S(=O)(=O)NCCc1ccc(Br)s1. The molecule has 0 amide bonds. The first-order valence-electron chi connectivity index (χ1n) is 5.42. The monoisotopic (exact) mass is 361 g/mol. The fourth-order valence-corrected chi connectivity index (χ4v) is 4.07. The van der Waals surface area contributed by atoms with Gasteiger partial charge in [0.15, 0.2) is 0 Å². The predicted octanol–water partition coefficient (Wildman–Crippen LogP) is 2.01. The first-order valence-corrected chi connectivity index (χ1v) is 8.52. The first-order chi connectivity index (χ1) is 8.99. The summed E-state index contributed by atoms with van der Waals surface area (Å²) in [5.41, 5.74) is 5.83. The molecule has 0 atom stereocenters. The molecule has 0 bridgehead atoms. The van der Waals surface area contributed by atoms with E-state index in [0.717, 1.165) is 8.66 Å². The highest BCUT2D eigenvalue weighted by Gasteiger charge is 2.16. The normalized spacial score (nSPS) is 11.6. The molecule has 3 N–H and O–H groups in total. The number of nitrogens with zero attached hydrogens (tertiary/aromatic N) is 1. The fraction of sp³-hybridized carbons (Fsp3) is 0.182. The number of hydrogen-bond donors (Lipinski definition) is 2. The van der Waals surface area contributed by atoms with E-state index in [4.69, 9.17) is 5.73 Å². The highest BCUT2D eigenvalue weighted by atomic mass is 79.9. The van der Waals surface area contributed by atoms with E-state index in [1.54, 1.807) is 11.3 Å². The summed E-state index contributed by atoms with van der Waals surface area (Å²) >= 11 is 4.95. The average molecular weight is 362 g/mol. The Morgan fingerprint density at radius 2 is 2.16 bits per heavy atom. The Morgan fingerprint density at radius 3 is 2.79 bits per heavy atom. The number of nitrogens with two attached hydrogens (primary N) is 1. The van der Waals surface area contributed by atoms with Crippen LogP contribution in [0.15, 0.2) is 39.3 Å². The van der Waals surface area contributed by atoms with Crippen LogP contribution in [0.4, 0.5) is 5.69 Å². The van der Waals surface area contributed by atoms with Gasteiger partial charge >= 0.3 is 0 Å². The van der Waals surface area contributed by atoms with Crippen LogP contribution in [0, 0.1) is 0 Å². The molecule has 2 aromatic heterocycles. The van der Waals surface area contributed by atoms with Crippen LogP contribution in [0.5, 0.6) is 0 Å². The van der Waals surface area contributed by atoms with Crippen LogP contribution in [-0.2, 0) is 16.4 Å². The van der Waals surface area contributed by atoms with Crippen molar-refractivity contribution in [2.75, 3.05) is 12.3 Å². The molecule has 8 heteroatoms. The third-order valence-electron chi connectivity index (χ3n) is 2.40. The Bertz CT molecular complexity index is 670. The van der Waals surface area contributed by atoms with Gasteiger partial charge in [-0.05, 0) is 40.5 Å². The molecule has 0 aliphatic rings. The van der Waals surface area contributed by atoms with Crippen molar-refractivity contribution in [3.63, 3.8) is 0 Å². The molecular weight excluding hydrogens is 350 g/mol. The van der Waals surface area contributed by atoms with Crippen LogP contribution in [0.1, 0.15) is 4.88 Å². The minimum absolute atomic E-state index is 0.0161. The molecular formula is C11H12BrN3O2S2. The zero-order valence-corrected chi connectivity index (χ0v) is 13.1. The van der Waals surface area contributed by atoms with Gasteiger partial charge < -0.3 is 5.73 Å². The maximum atomic E-state index is 12.0. The molecule has 0 unspecified atom stereocenters. The van der Waals surface area contributed by atoms with Crippen molar-refractivity contribution in [3.05, 3.63) is 39.3 Å². The Labute approximate surface area is 124 Å². The summed E-state index contributed by atoms with van der Waals surface area (Å²) in [5, 5.41) is 0. The Kier molecular flexibility index (Phi) is 4.56. The number of nitrogens with one attached hydrogen (secondary N) is 1. The molecule has 0 radical (unpaired) electrons. The molecule has 0 spiro atoms. The van der Waals surface area contributed by atoms with E-state index >= 15 is 0 Å². The van der Waals surface area contributed by atoms with Crippen molar-refractivity contribution in [3.8, 4) is 0 Å². The molecule has 0 saturated heterocycles. The molecule has 5 nitrogen and oxygen atoms in total. The molecule has 19 heavy (non-hydrogen) atoms. The van der Waals surface area contributed by atoms with Gasteiger partial charge in [0.05, 0.1) is 9.47 Å². The van der Waals surface area contributed by atoms with Crippen molar-refractivity contribution in [1.82, 2.24) is 9.71 Å². The number of rotatable bonds is 5. The maximum absolute atomic E-state index is 12.0. The number of nitrogen functional groups attached to an aromatic ring is 1. The van der Waals surface area contributed by atoms with Gasteiger partial charge in [0.25, 0.3) is 0 Å². The summed E-state index contributed by atoms with van der Waals surface area (Å²) < 4.78 is 27.6. The lowest BCUT2D eigenvalue weighted by atomic mass is 10.3. The van der Waals surface area contributed by atoms with Crippen LogP contribution < -0.4 is 10.5 Å². The van der Waals surface area contributed by atoms with Gasteiger partial charge in [-0.25, -0.2) is 13.1 Å². The van der Waals surface area contributed by atoms with E-state index in [1.165, 1.54) is 18.5 Å². The lowest BCUT2D eigenvalue weighted by Crippen LogP contribution is -2.26. The Balaban J connectivity index is 2.01. The quantitative estimate of drug-likeness (QED) is 0.852. The van der Waals surface area contributed by atoms with Crippen molar-refractivity contribution in [2.45, 2.75) is 11.3 Å². The molecule has 0 fully saturated rings. The second-order valence-electron chi connectivity index (χ2n) is 3.77. The molecule has 2 rings (SSSR count). The van der Waals surface area contributed by atoms with Gasteiger partial charge in [-0.3, -0.25) is 4.98 Å². The third kappa shape index (κ3) is 3.75. The number of pyridine rings is 1. The second-order valence-corrected chi connectivity index (χ2v) is 8.05. The number of aromatic nitrogens is 1. The van der Waals surface area contributed by atoms with Crippen LogP contribution >= 0.6 is 27.3 Å². The van der Waals surface area contributed by atoms with Gasteiger partial charge in [0.1, 0.15) is 4.90 Å². The zero-order valence-electron chi connectivity index (χ0n) is 9.84. The molecule has 2 heterocycles. The van der Waals surface area contributed by atoms with Gasteiger partial charge in [0, 0.05) is 23.8 Å². The molecule has 0 aromatic carbocycles. The first kappa shape index (κ1) is 14.4. The smallest absolute Gasteiger partial charge is 0.244 e. The molecule has 0 aliphatic heterocycles. The number of anilines is 1. The van der Waals surface area contributed by atoms with Crippen LogP contribution in [0.2, 0.25) is 0 Å². The zero-order chi connectivity index (χ0) is 13.9. The number of halogens is 1. The van der Waals surface area contributed by atoms with E-state index < -0.39 is 10.0 Å². The average Bonchev–Trinajstić information content (AvgIpc) is 2.75. The third-order valence-corrected chi connectivity index (χ3v) is 5.59. The maximum Gasteiger partial charge on any atom is 0.244 e. The second kappa shape index (κ2) is 6.00.